The van der Waals surface area contributed by atoms with Crippen LogP contribution in [0.5, 0.6) is 5.75 Å². The van der Waals surface area contributed by atoms with Gasteiger partial charge in [0.1, 0.15) is 13.8 Å². The van der Waals surface area contributed by atoms with Crippen molar-refractivity contribution in [2.75, 3.05) is 0 Å². The van der Waals surface area contributed by atoms with E-state index < -0.39 is 8.07 Å². The number of rotatable bonds is 0. The van der Waals surface area contributed by atoms with Crippen molar-refractivity contribution >= 4 is 8.07 Å². The number of benzene rings is 3. The topological polar surface area (TPSA) is 20.2 Å². The molecule has 2 atom stereocenters. The molecule has 6 rings (SSSR count). The van der Waals surface area contributed by atoms with Crippen molar-refractivity contribution in [1.82, 2.24) is 0 Å². The van der Waals surface area contributed by atoms with Crippen molar-refractivity contribution in [2.45, 2.75) is 83.8 Å². The maximum absolute atomic E-state index is 11.3. The van der Waals surface area contributed by atoms with Gasteiger partial charge >= 0.3 is 0 Å². The summed E-state index contributed by atoms with van der Waals surface area (Å²) in [6, 6.07) is 18.0. The fourth-order valence-electron chi connectivity index (χ4n) is 5.67. The normalized spacial score (nSPS) is 18.3. The van der Waals surface area contributed by atoms with Crippen LogP contribution in [-0.4, -0.2) is 13.2 Å². The Morgan fingerprint density at radius 2 is 1.14 bits per heavy atom. The van der Waals surface area contributed by atoms with Gasteiger partial charge in [-0.15, -0.1) is 5.54 Å². The van der Waals surface area contributed by atoms with Gasteiger partial charge in [-0.25, -0.2) is 0 Å². The highest BCUT2D eigenvalue weighted by atomic mass is 28.3. The molecule has 0 fully saturated rings. The average molecular weight is 479 g/mol. The first-order valence-electron chi connectivity index (χ1n) is 12.8. The Morgan fingerprint density at radius 3 is 1.60 bits per heavy atom. The second-order valence-corrected chi connectivity index (χ2v) is 18.3. The summed E-state index contributed by atoms with van der Waals surface area (Å²) in [5.41, 5.74) is 15.2. The Kier molecular flexibility index (Phi) is 5.21. The van der Waals surface area contributed by atoms with Crippen molar-refractivity contribution in [1.29, 1.82) is 0 Å². The van der Waals surface area contributed by atoms with E-state index in [1.807, 2.05) is 12.1 Å². The molecule has 0 spiro atoms. The molecule has 0 amide bonds. The number of aromatic hydroxyl groups is 1. The number of hydrogen-bond donors (Lipinski definition) is 1. The van der Waals surface area contributed by atoms with Gasteiger partial charge in [0.05, 0.1) is 0 Å². The van der Waals surface area contributed by atoms with Gasteiger partial charge in [0.15, 0.2) is 0 Å². The van der Waals surface area contributed by atoms with Crippen LogP contribution < -0.4 is 0 Å². The quantitative estimate of drug-likeness (QED) is 0.176. The Hall–Kier alpha value is -2.76. The van der Waals surface area contributed by atoms with Crippen LogP contribution in [0.4, 0.5) is 0 Å². The minimum Gasteiger partial charge on any atom is -0.508 e. The summed E-state index contributed by atoms with van der Waals surface area (Å²) in [6.45, 7) is 20.5. The van der Waals surface area contributed by atoms with Gasteiger partial charge in [-0.1, -0.05) is 104 Å². The molecule has 3 aliphatic rings. The minimum absolute atomic E-state index is 0.0324. The molecule has 0 aromatic heterocycles. The first-order chi connectivity index (χ1) is 16.2. The predicted octanol–water partition coefficient (Wildman–Crippen LogP) is 8.20. The highest BCUT2D eigenvalue weighted by Gasteiger charge is 2.44. The van der Waals surface area contributed by atoms with Crippen molar-refractivity contribution in [3.8, 4) is 17.2 Å². The second-order valence-electron chi connectivity index (χ2n) is 13.5. The highest BCUT2D eigenvalue weighted by Crippen LogP contribution is 2.59. The zero-order valence-electron chi connectivity index (χ0n) is 22.7. The van der Waals surface area contributed by atoms with Crippen molar-refractivity contribution in [3.05, 3.63) is 98.6 Å². The van der Waals surface area contributed by atoms with Crippen molar-refractivity contribution < 1.29 is 5.11 Å². The van der Waals surface area contributed by atoms with E-state index in [4.69, 9.17) is 0 Å². The fraction of sp³-hybridized carbons (Fsp3) is 0.394. The molecule has 1 nitrogen and oxygen atoms in total. The lowest BCUT2D eigenvalue weighted by Crippen LogP contribution is -2.30. The zero-order valence-corrected chi connectivity index (χ0v) is 23.7. The van der Waals surface area contributed by atoms with Crippen LogP contribution in [0.25, 0.3) is 0 Å². The lowest BCUT2D eigenvalue weighted by atomic mass is 9.59. The SMILES string of the molecule is CC(C)(C)c1ccc2c(c1)[C@@H]1c3ccc(C(C)(C)C)cc3[C@H]2c2c(C#C[Si](C)(C)C)ccc(O)c21. The summed E-state index contributed by atoms with van der Waals surface area (Å²) >= 11 is 0. The Balaban J connectivity index is 1.84. The predicted molar refractivity (Wildman–Crippen MR) is 151 cm³/mol. The zero-order chi connectivity index (χ0) is 25.5. The van der Waals surface area contributed by atoms with Gasteiger partial charge < -0.3 is 5.11 Å². The van der Waals surface area contributed by atoms with Crippen molar-refractivity contribution in [3.63, 3.8) is 0 Å². The summed E-state index contributed by atoms with van der Waals surface area (Å²) < 4.78 is 0. The number of phenols is 1. The Morgan fingerprint density at radius 1 is 0.657 bits per heavy atom. The molecule has 0 saturated heterocycles. The molecular weight excluding hydrogens is 440 g/mol. The average Bonchev–Trinajstić information content (AvgIpc) is 2.75. The Bertz CT molecular complexity index is 1410. The second kappa shape index (κ2) is 7.62. The maximum Gasteiger partial charge on any atom is 0.129 e. The third-order valence-corrected chi connectivity index (χ3v) is 8.44. The van der Waals surface area contributed by atoms with E-state index in [0.29, 0.717) is 5.75 Å². The van der Waals surface area contributed by atoms with Crippen LogP contribution in [0, 0.1) is 11.5 Å². The number of phenolic OH excluding ortho intramolecular Hbond substituents is 1. The monoisotopic (exact) mass is 478 g/mol. The molecule has 35 heavy (non-hydrogen) atoms. The van der Waals surface area contributed by atoms with Gasteiger partial charge in [0.2, 0.25) is 0 Å². The lowest BCUT2D eigenvalue weighted by molar-refractivity contribution is 0.462. The first-order valence-corrected chi connectivity index (χ1v) is 16.3. The molecule has 2 bridgehead atoms. The smallest absolute Gasteiger partial charge is 0.129 e. The molecule has 180 valence electrons. The molecule has 1 N–H and O–H groups in total. The molecule has 3 aliphatic carbocycles. The third kappa shape index (κ3) is 3.95. The summed E-state index contributed by atoms with van der Waals surface area (Å²) in [5.74, 6) is 4.09. The standard InChI is InChI=1S/C33H38OSi/c1-32(2,3)21-12-14-24-25(18-21)29-23-13-11-22(33(4,5)6)19-26(23)30(24)31-27(34)15-10-20(28(29)31)16-17-35(7,8)9/h10-15,18-19,29-30,34H,1-9H3/t29-,30-/m0/s1. The molecule has 0 unspecified atom stereocenters. The summed E-state index contributed by atoms with van der Waals surface area (Å²) in [5, 5.41) is 11.3. The molecule has 0 radical (unpaired) electrons. The summed E-state index contributed by atoms with van der Waals surface area (Å²) in [7, 11) is -1.55. The van der Waals surface area contributed by atoms with E-state index >= 15 is 0 Å². The van der Waals surface area contributed by atoms with Crippen LogP contribution in [0.3, 0.4) is 0 Å². The van der Waals surface area contributed by atoms with Crippen LogP contribution in [0.15, 0.2) is 48.5 Å². The molecule has 2 heteroatoms. The van der Waals surface area contributed by atoms with E-state index in [0.717, 1.165) is 11.1 Å². The van der Waals surface area contributed by atoms with E-state index in [-0.39, 0.29) is 22.7 Å². The van der Waals surface area contributed by atoms with E-state index in [1.54, 1.807) is 0 Å². The lowest BCUT2D eigenvalue weighted by Gasteiger charge is -2.44. The molecule has 0 heterocycles. The summed E-state index contributed by atoms with van der Waals surface area (Å²) in [4.78, 5) is 0. The van der Waals surface area contributed by atoms with Gasteiger partial charge in [-0.3, -0.25) is 0 Å². The van der Waals surface area contributed by atoms with Gasteiger partial charge in [0.25, 0.3) is 0 Å². The van der Waals surface area contributed by atoms with E-state index in [9.17, 15) is 5.11 Å². The van der Waals surface area contributed by atoms with Crippen LogP contribution in [0.2, 0.25) is 19.6 Å². The molecule has 0 saturated carbocycles. The highest BCUT2D eigenvalue weighted by molar-refractivity contribution is 6.83. The van der Waals surface area contributed by atoms with E-state index in [2.05, 4.69) is 109 Å². The third-order valence-electron chi connectivity index (χ3n) is 7.56. The molecular formula is C33H38OSi. The summed E-state index contributed by atoms with van der Waals surface area (Å²) in [6.07, 6.45) is 0. The Labute approximate surface area is 212 Å². The maximum atomic E-state index is 11.3. The van der Waals surface area contributed by atoms with E-state index in [1.165, 1.54) is 38.9 Å². The first kappa shape index (κ1) is 24.0. The largest absolute Gasteiger partial charge is 0.508 e. The minimum atomic E-state index is -1.55. The van der Waals surface area contributed by atoms with Gasteiger partial charge in [-0.05, 0) is 61.9 Å². The number of hydrogen-bond acceptors (Lipinski definition) is 1. The molecule has 3 aromatic carbocycles. The van der Waals surface area contributed by atoms with Crippen molar-refractivity contribution in [2.24, 2.45) is 0 Å². The van der Waals surface area contributed by atoms with Gasteiger partial charge in [0, 0.05) is 23.0 Å². The van der Waals surface area contributed by atoms with Crippen LogP contribution in [0.1, 0.15) is 103 Å². The molecule has 0 aliphatic heterocycles. The van der Waals surface area contributed by atoms with Crippen LogP contribution in [-0.2, 0) is 10.8 Å². The fourth-order valence-corrected chi connectivity index (χ4v) is 6.18. The van der Waals surface area contributed by atoms with Crippen LogP contribution >= 0.6 is 0 Å². The van der Waals surface area contributed by atoms with Gasteiger partial charge in [-0.2, -0.15) is 0 Å². The molecule has 3 aromatic rings.